The van der Waals surface area contributed by atoms with Crippen molar-refractivity contribution in [3.8, 4) is 5.75 Å². The number of rotatable bonds is 5. The monoisotopic (exact) mass is 329 g/mol. The van der Waals surface area contributed by atoms with Gasteiger partial charge in [0.15, 0.2) is 6.10 Å². The number of aryl methyl sites for hydroxylation is 1. The summed E-state index contributed by atoms with van der Waals surface area (Å²) in [4.78, 5) is 11.6. The van der Waals surface area contributed by atoms with Gasteiger partial charge in [0.25, 0.3) is 11.8 Å². The first kappa shape index (κ1) is 16.8. The van der Waals surface area contributed by atoms with E-state index in [9.17, 15) is 18.0 Å². The molecule has 1 N–H and O–H groups in total. The molecular formula is C14H14F3N3O3. The smallest absolute Gasteiger partial charge is 0.405 e. The normalized spacial score (nSPS) is 12.7. The summed E-state index contributed by atoms with van der Waals surface area (Å²) in [6.07, 6.45) is -4.95. The molecule has 0 saturated heterocycles. The molecule has 124 valence electrons. The van der Waals surface area contributed by atoms with Crippen molar-refractivity contribution in [3.63, 3.8) is 0 Å². The van der Waals surface area contributed by atoms with E-state index < -0.39 is 24.7 Å². The Balaban J connectivity index is 1.95. The van der Waals surface area contributed by atoms with Crippen molar-refractivity contribution in [2.24, 2.45) is 0 Å². The van der Waals surface area contributed by atoms with Crippen LogP contribution in [0.3, 0.4) is 0 Å². The van der Waals surface area contributed by atoms with E-state index in [0.717, 1.165) is 0 Å². The third-order valence-electron chi connectivity index (χ3n) is 2.77. The van der Waals surface area contributed by atoms with Gasteiger partial charge in [-0.15, -0.1) is 10.2 Å². The molecule has 0 aliphatic rings. The van der Waals surface area contributed by atoms with Crippen molar-refractivity contribution in [1.82, 2.24) is 15.5 Å². The number of ether oxygens (including phenoxy) is 1. The number of hydrogen-bond acceptors (Lipinski definition) is 5. The molecule has 0 aliphatic carbocycles. The van der Waals surface area contributed by atoms with Gasteiger partial charge in [0, 0.05) is 12.5 Å². The second-order valence-electron chi connectivity index (χ2n) is 4.74. The van der Waals surface area contributed by atoms with Crippen LogP contribution < -0.4 is 10.1 Å². The van der Waals surface area contributed by atoms with Crippen LogP contribution in [-0.4, -0.2) is 28.8 Å². The Morgan fingerprint density at radius 1 is 1.30 bits per heavy atom. The lowest BCUT2D eigenvalue weighted by Gasteiger charge is -2.12. The lowest BCUT2D eigenvalue weighted by Crippen LogP contribution is -2.33. The lowest BCUT2D eigenvalue weighted by molar-refractivity contribution is -0.123. The van der Waals surface area contributed by atoms with E-state index in [0.29, 0.717) is 17.5 Å². The zero-order valence-electron chi connectivity index (χ0n) is 12.3. The standard InChI is InChI=1S/C14H14F3N3O3/c1-8(13-20-19-9(2)23-13)22-11-5-3-10(4-6-11)12(21)18-7-14(15,16)17/h3-6,8H,7H2,1-2H3,(H,18,21)/t8-/m1/s1. The van der Waals surface area contributed by atoms with Gasteiger partial charge < -0.3 is 14.5 Å². The van der Waals surface area contributed by atoms with Gasteiger partial charge in [-0.25, -0.2) is 0 Å². The minimum Gasteiger partial charge on any atom is -0.481 e. The Hall–Kier alpha value is -2.58. The van der Waals surface area contributed by atoms with Crippen molar-refractivity contribution < 1.29 is 27.1 Å². The number of alkyl halides is 3. The fourth-order valence-electron chi connectivity index (χ4n) is 1.70. The third kappa shape index (κ3) is 4.97. The highest BCUT2D eigenvalue weighted by molar-refractivity contribution is 5.94. The average Bonchev–Trinajstić information content (AvgIpc) is 2.91. The highest BCUT2D eigenvalue weighted by Crippen LogP contribution is 2.21. The molecule has 0 radical (unpaired) electrons. The van der Waals surface area contributed by atoms with Crippen LogP contribution in [0.15, 0.2) is 28.7 Å². The maximum atomic E-state index is 12.0. The Bertz CT molecular complexity index is 668. The van der Waals surface area contributed by atoms with Crippen LogP contribution in [0.1, 0.15) is 35.2 Å². The van der Waals surface area contributed by atoms with E-state index in [1.165, 1.54) is 24.3 Å². The number of carbonyl (C=O) groups is 1. The molecule has 0 unspecified atom stereocenters. The summed E-state index contributed by atoms with van der Waals surface area (Å²) < 4.78 is 46.9. The van der Waals surface area contributed by atoms with Crippen LogP contribution in [0.4, 0.5) is 13.2 Å². The molecule has 1 aromatic heterocycles. The van der Waals surface area contributed by atoms with E-state index in [1.54, 1.807) is 19.2 Å². The minimum atomic E-state index is -4.45. The fourth-order valence-corrected chi connectivity index (χ4v) is 1.70. The number of hydrogen-bond donors (Lipinski definition) is 1. The van der Waals surface area contributed by atoms with Gasteiger partial charge in [0.05, 0.1) is 0 Å². The van der Waals surface area contributed by atoms with Gasteiger partial charge in [0.2, 0.25) is 5.89 Å². The number of carbonyl (C=O) groups excluding carboxylic acids is 1. The maximum absolute atomic E-state index is 12.0. The highest BCUT2D eigenvalue weighted by Gasteiger charge is 2.27. The van der Waals surface area contributed by atoms with Gasteiger partial charge in [0.1, 0.15) is 12.3 Å². The van der Waals surface area contributed by atoms with Crippen LogP contribution in [0.25, 0.3) is 0 Å². The Kier molecular flexibility index (Phi) is 4.87. The average molecular weight is 329 g/mol. The molecule has 1 atom stereocenters. The summed E-state index contributed by atoms with van der Waals surface area (Å²) in [5.74, 6) is 0.316. The second-order valence-corrected chi connectivity index (χ2v) is 4.74. The lowest BCUT2D eigenvalue weighted by atomic mass is 10.2. The zero-order valence-corrected chi connectivity index (χ0v) is 12.3. The first-order valence-electron chi connectivity index (χ1n) is 6.66. The topological polar surface area (TPSA) is 77.2 Å². The summed E-state index contributed by atoms with van der Waals surface area (Å²) in [6, 6.07) is 5.68. The summed E-state index contributed by atoms with van der Waals surface area (Å²) in [7, 11) is 0. The quantitative estimate of drug-likeness (QED) is 0.913. The Morgan fingerprint density at radius 3 is 2.48 bits per heavy atom. The van der Waals surface area contributed by atoms with Gasteiger partial charge in [-0.2, -0.15) is 13.2 Å². The first-order valence-corrected chi connectivity index (χ1v) is 6.66. The van der Waals surface area contributed by atoms with Crippen LogP contribution in [0.5, 0.6) is 5.75 Å². The predicted molar refractivity (Wildman–Crippen MR) is 72.9 cm³/mol. The summed E-state index contributed by atoms with van der Waals surface area (Å²) in [6.45, 7) is 1.98. The van der Waals surface area contributed by atoms with Gasteiger partial charge >= 0.3 is 6.18 Å². The van der Waals surface area contributed by atoms with E-state index in [4.69, 9.17) is 9.15 Å². The van der Waals surface area contributed by atoms with Crippen LogP contribution in [-0.2, 0) is 0 Å². The molecule has 1 heterocycles. The van der Waals surface area contributed by atoms with Crippen molar-refractivity contribution in [1.29, 1.82) is 0 Å². The van der Waals surface area contributed by atoms with E-state index >= 15 is 0 Å². The summed E-state index contributed by atoms with van der Waals surface area (Å²) in [5.41, 5.74) is 0.0999. The van der Waals surface area contributed by atoms with Crippen LogP contribution in [0, 0.1) is 6.92 Å². The number of amides is 1. The van der Waals surface area contributed by atoms with E-state index in [1.807, 2.05) is 0 Å². The fraction of sp³-hybridized carbons (Fsp3) is 0.357. The third-order valence-corrected chi connectivity index (χ3v) is 2.77. The van der Waals surface area contributed by atoms with Crippen LogP contribution in [0.2, 0.25) is 0 Å². The Morgan fingerprint density at radius 2 is 1.96 bits per heavy atom. The molecule has 0 fully saturated rings. The molecule has 0 saturated carbocycles. The summed E-state index contributed by atoms with van der Waals surface area (Å²) >= 11 is 0. The van der Waals surface area contributed by atoms with Crippen molar-refractivity contribution >= 4 is 5.91 Å². The molecule has 1 amide bonds. The van der Waals surface area contributed by atoms with Crippen molar-refractivity contribution in [2.75, 3.05) is 6.54 Å². The second kappa shape index (κ2) is 6.67. The molecule has 0 spiro atoms. The van der Waals surface area contributed by atoms with Crippen LogP contribution >= 0.6 is 0 Å². The van der Waals surface area contributed by atoms with Gasteiger partial charge in [-0.05, 0) is 31.2 Å². The molecule has 0 bridgehead atoms. The van der Waals surface area contributed by atoms with E-state index in [2.05, 4.69) is 10.2 Å². The van der Waals surface area contributed by atoms with Crippen molar-refractivity contribution in [3.05, 3.63) is 41.6 Å². The SMILES string of the molecule is Cc1nnc([C@@H](C)Oc2ccc(C(=O)NCC(F)(F)F)cc2)o1. The number of nitrogens with zero attached hydrogens (tertiary/aromatic N) is 2. The van der Waals surface area contributed by atoms with Gasteiger partial charge in [-0.3, -0.25) is 4.79 Å². The number of benzene rings is 1. The first-order chi connectivity index (χ1) is 10.7. The molecule has 9 heteroatoms. The number of nitrogens with one attached hydrogen (secondary N) is 1. The maximum Gasteiger partial charge on any atom is 0.405 e. The predicted octanol–water partition coefficient (Wildman–Crippen LogP) is 2.81. The molecule has 23 heavy (non-hydrogen) atoms. The largest absolute Gasteiger partial charge is 0.481 e. The molecule has 1 aromatic carbocycles. The number of aromatic nitrogens is 2. The highest BCUT2D eigenvalue weighted by atomic mass is 19.4. The Labute approximate surface area is 129 Å². The number of halogens is 3. The van der Waals surface area contributed by atoms with Crippen molar-refractivity contribution in [2.45, 2.75) is 26.1 Å². The van der Waals surface area contributed by atoms with Gasteiger partial charge in [-0.1, -0.05) is 0 Å². The molecule has 2 rings (SSSR count). The molecule has 0 aliphatic heterocycles. The molecule has 6 nitrogen and oxygen atoms in total. The molecular weight excluding hydrogens is 315 g/mol. The minimum absolute atomic E-state index is 0.0999. The zero-order chi connectivity index (χ0) is 17.0. The van der Waals surface area contributed by atoms with E-state index in [-0.39, 0.29) is 5.56 Å². The summed E-state index contributed by atoms with van der Waals surface area (Å²) in [5, 5.41) is 9.30. The molecule has 2 aromatic rings.